The largest absolute Gasteiger partial charge is 0.330 e. The topological polar surface area (TPSA) is 29.3 Å². The van der Waals surface area contributed by atoms with E-state index < -0.39 is 0 Å². The fraction of sp³-hybridized carbons (Fsp3) is 0.750. The fourth-order valence-electron chi connectivity index (χ4n) is 0.408. The van der Waals surface area contributed by atoms with Gasteiger partial charge in [-0.15, -0.1) is 6.58 Å². The van der Waals surface area contributed by atoms with Crippen LogP contribution in [-0.4, -0.2) is 32.1 Å². The predicted octanol–water partition coefficient (Wildman–Crippen LogP) is 1.09. The highest BCUT2D eigenvalue weighted by molar-refractivity contribution is 4.51. The Labute approximate surface area is 64.7 Å². The highest BCUT2D eigenvalue weighted by Crippen LogP contribution is 1.76. The Hall–Kier alpha value is -0.340. The Balaban J connectivity index is 0. The SMILES string of the molecule is C=CC.CN(C)CCCN. The van der Waals surface area contributed by atoms with Crippen molar-refractivity contribution >= 4 is 0 Å². The Morgan fingerprint density at radius 2 is 1.90 bits per heavy atom. The van der Waals surface area contributed by atoms with Crippen LogP contribution in [0.15, 0.2) is 12.7 Å². The molecule has 0 fully saturated rings. The summed E-state index contributed by atoms with van der Waals surface area (Å²) < 4.78 is 0. The van der Waals surface area contributed by atoms with Gasteiger partial charge in [0.05, 0.1) is 0 Å². The minimum atomic E-state index is 0.804. The molecule has 0 aromatic heterocycles. The lowest BCUT2D eigenvalue weighted by molar-refractivity contribution is 0.403. The summed E-state index contributed by atoms with van der Waals surface area (Å²) in [5.41, 5.74) is 5.25. The molecule has 0 aromatic carbocycles. The quantitative estimate of drug-likeness (QED) is 0.601. The van der Waals surface area contributed by atoms with Crippen LogP contribution in [0, 0.1) is 0 Å². The van der Waals surface area contributed by atoms with Crippen LogP contribution in [-0.2, 0) is 0 Å². The monoisotopic (exact) mass is 144 g/mol. The number of nitrogens with two attached hydrogens (primary N) is 1. The summed E-state index contributed by atoms with van der Waals surface area (Å²) in [4.78, 5) is 2.13. The van der Waals surface area contributed by atoms with Crippen LogP contribution in [0.3, 0.4) is 0 Å². The standard InChI is InChI=1S/C5H14N2.C3H6/c1-7(2)5-3-4-6;1-3-2/h3-6H2,1-2H3;3H,1H2,2H3. The van der Waals surface area contributed by atoms with Crippen molar-refractivity contribution in [1.29, 1.82) is 0 Å². The van der Waals surface area contributed by atoms with Crippen molar-refractivity contribution in [3.63, 3.8) is 0 Å². The average molecular weight is 144 g/mol. The minimum Gasteiger partial charge on any atom is -0.330 e. The molecule has 0 saturated carbocycles. The van der Waals surface area contributed by atoms with Crippen LogP contribution in [0.1, 0.15) is 13.3 Å². The van der Waals surface area contributed by atoms with E-state index in [-0.39, 0.29) is 0 Å². The number of nitrogens with zero attached hydrogens (tertiary/aromatic N) is 1. The Morgan fingerprint density at radius 1 is 1.50 bits per heavy atom. The molecule has 2 nitrogen and oxygen atoms in total. The van der Waals surface area contributed by atoms with Crippen molar-refractivity contribution in [3.8, 4) is 0 Å². The van der Waals surface area contributed by atoms with Crippen molar-refractivity contribution in [2.75, 3.05) is 27.2 Å². The summed E-state index contributed by atoms with van der Waals surface area (Å²) in [5.74, 6) is 0. The molecule has 10 heavy (non-hydrogen) atoms. The third-order valence-electron chi connectivity index (χ3n) is 0.809. The van der Waals surface area contributed by atoms with E-state index in [1.54, 1.807) is 6.08 Å². The Bertz CT molecular complexity index is 60.3. The maximum Gasteiger partial charge on any atom is -0.00128 e. The zero-order valence-electron chi connectivity index (χ0n) is 7.43. The summed E-state index contributed by atoms with van der Waals surface area (Å²) in [7, 11) is 4.10. The molecule has 2 heteroatoms. The molecular formula is C8H20N2. The van der Waals surface area contributed by atoms with Gasteiger partial charge in [-0.2, -0.15) is 0 Å². The van der Waals surface area contributed by atoms with Crippen LogP contribution < -0.4 is 5.73 Å². The molecule has 0 unspecified atom stereocenters. The van der Waals surface area contributed by atoms with Crippen LogP contribution >= 0.6 is 0 Å². The van der Waals surface area contributed by atoms with Gasteiger partial charge in [-0.3, -0.25) is 0 Å². The molecule has 0 aliphatic heterocycles. The number of rotatable bonds is 3. The number of allylic oxidation sites excluding steroid dienone is 1. The molecule has 0 radical (unpaired) electrons. The van der Waals surface area contributed by atoms with E-state index in [1.807, 2.05) is 6.92 Å². The molecule has 0 saturated heterocycles. The van der Waals surface area contributed by atoms with Gasteiger partial charge in [0, 0.05) is 0 Å². The summed E-state index contributed by atoms with van der Waals surface area (Å²) >= 11 is 0. The number of hydrogen-bond acceptors (Lipinski definition) is 2. The minimum absolute atomic E-state index is 0.804. The molecule has 0 amide bonds. The average Bonchev–Trinajstić information content (AvgIpc) is 1.85. The molecule has 62 valence electrons. The first-order valence-electron chi connectivity index (χ1n) is 3.60. The smallest absolute Gasteiger partial charge is 0.00128 e. The van der Waals surface area contributed by atoms with Crippen LogP contribution in [0.25, 0.3) is 0 Å². The lowest BCUT2D eigenvalue weighted by atomic mass is 10.4. The fourth-order valence-corrected chi connectivity index (χ4v) is 0.408. The molecule has 0 aliphatic carbocycles. The van der Waals surface area contributed by atoms with Crippen molar-refractivity contribution < 1.29 is 0 Å². The van der Waals surface area contributed by atoms with Gasteiger partial charge in [0.1, 0.15) is 0 Å². The molecular weight excluding hydrogens is 124 g/mol. The first-order valence-corrected chi connectivity index (χ1v) is 3.60. The molecule has 0 spiro atoms. The first kappa shape index (κ1) is 12.3. The predicted molar refractivity (Wildman–Crippen MR) is 48.1 cm³/mol. The maximum atomic E-state index is 5.25. The second-order valence-electron chi connectivity index (χ2n) is 2.35. The second-order valence-corrected chi connectivity index (χ2v) is 2.35. The zero-order valence-corrected chi connectivity index (χ0v) is 7.43. The van der Waals surface area contributed by atoms with Gasteiger partial charge in [0.25, 0.3) is 0 Å². The molecule has 2 N–H and O–H groups in total. The van der Waals surface area contributed by atoms with Crippen LogP contribution in [0.2, 0.25) is 0 Å². The first-order chi connectivity index (χ1) is 4.68. The lowest BCUT2D eigenvalue weighted by Crippen LogP contribution is -2.16. The van der Waals surface area contributed by atoms with Gasteiger partial charge >= 0.3 is 0 Å². The van der Waals surface area contributed by atoms with Crippen LogP contribution in [0.5, 0.6) is 0 Å². The molecule has 0 aliphatic rings. The van der Waals surface area contributed by atoms with Crippen molar-refractivity contribution in [1.82, 2.24) is 4.90 Å². The van der Waals surface area contributed by atoms with E-state index in [9.17, 15) is 0 Å². The summed E-state index contributed by atoms with van der Waals surface area (Å²) in [6.45, 7) is 7.16. The third kappa shape index (κ3) is 25.4. The van der Waals surface area contributed by atoms with Gasteiger partial charge in [0.2, 0.25) is 0 Å². The van der Waals surface area contributed by atoms with Gasteiger partial charge in [-0.05, 0) is 40.5 Å². The van der Waals surface area contributed by atoms with Crippen molar-refractivity contribution in [3.05, 3.63) is 12.7 Å². The summed E-state index contributed by atoms with van der Waals surface area (Å²) in [5, 5.41) is 0. The van der Waals surface area contributed by atoms with Crippen LogP contribution in [0.4, 0.5) is 0 Å². The number of hydrogen-bond donors (Lipinski definition) is 1. The van der Waals surface area contributed by atoms with Crippen molar-refractivity contribution in [2.45, 2.75) is 13.3 Å². The van der Waals surface area contributed by atoms with Gasteiger partial charge in [-0.1, -0.05) is 6.08 Å². The molecule has 0 aromatic rings. The van der Waals surface area contributed by atoms with E-state index in [1.165, 1.54) is 0 Å². The van der Waals surface area contributed by atoms with E-state index in [4.69, 9.17) is 5.73 Å². The Kier molecular flexibility index (Phi) is 14.1. The zero-order chi connectivity index (χ0) is 8.41. The second kappa shape index (κ2) is 11.5. The van der Waals surface area contributed by atoms with Crippen molar-refractivity contribution in [2.24, 2.45) is 5.73 Å². The molecule has 0 heterocycles. The normalized spacial score (nSPS) is 8.50. The van der Waals surface area contributed by atoms with E-state index in [0.29, 0.717) is 0 Å². The summed E-state index contributed by atoms with van der Waals surface area (Å²) in [6, 6.07) is 0. The van der Waals surface area contributed by atoms with Gasteiger partial charge in [-0.25, -0.2) is 0 Å². The Morgan fingerprint density at radius 3 is 2.00 bits per heavy atom. The van der Waals surface area contributed by atoms with E-state index in [2.05, 4.69) is 25.6 Å². The molecule has 0 bridgehead atoms. The lowest BCUT2D eigenvalue weighted by Gasteiger charge is -2.05. The molecule has 0 atom stereocenters. The molecule has 0 rings (SSSR count). The third-order valence-corrected chi connectivity index (χ3v) is 0.809. The van der Waals surface area contributed by atoms with E-state index in [0.717, 1.165) is 19.5 Å². The van der Waals surface area contributed by atoms with E-state index >= 15 is 0 Å². The summed E-state index contributed by atoms with van der Waals surface area (Å²) in [6.07, 6.45) is 2.85. The van der Waals surface area contributed by atoms with Gasteiger partial charge in [0.15, 0.2) is 0 Å². The highest BCUT2D eigenvalue weighted by atomic mass is 15.0. The van der Waals surface area contributed by atoms with Gasteiger partial charge < -0.3 is 10.6 Å². The maximum absolute atomic E-state index is 5.25. The highest BCUT2D eigenvalue weighted by Gasteiger charge is 1.83.